The number of hydrogen-bond acceptors (Lipinski definition) is 4. The van der Waals surface area contributed by atoms with Crippen LogP contribution in [-0.4, -0.2) is 22.9 Å². The fraction of sp³-hybridized carbons (Fsp3) is 0.480. The molecule has 0 saturated heterocycles. The van der Waals surface area contributed by atoms with Crippen LogP contribution in [0.2, 0.25) is 0 Å². The smallest absolute Gasteiger partial charge is 0.307 e. The first-order chi connectivity index (χ1) is 15.0. The third kappa shape index (κ3) is 3.83. The van der Waals surface area contributed by atoms with Crippen molar-refractivity contribution in [3.63, 3.8) is 0 Å². The standard InChI is InChI=1S/C25H30N2O4S/c1-12-17(13-7-9-16(10-8-13)25(2,3)4)20(21(26)28)23(32-12)27-22(29)18-14-5-6-15(11-14)19(18)24(30)31/h7-10,14-15,18-19H,5-6,11H2,1-4H3,(H2,26,28)(H,27,29)(H,30,31)/t14-,15-,18-,19+/m0/s1. The number of fused-ring (bicyclic) bond motifs is 2. The number of aryl methyl sites for hydroxylation is 1. The molecule has 0 unspecified atom stereocenters. The van der Waals surface area contributed by atoms with Crippen LogP contribution in [0.3, 0.4) is 0 Å². The van der Waals surface area contributed by atoms with E-state index in [-0.39, 0.29) is 23.2 Å². The van der Waals surface area contributed by atoms with Crippen molar-refractivity contribution in [2.45, 2.75) is 52.4 Å². The molecule has 32 heavy (non-hydrogen) atoms. The summed E-state index contributed by atoms with van der Waals surface area (Å²) in [5.74, 6) is -2.91. The summed E-state index contributed by atoms with van der Waals surface area (Å²) in [6, 6.07) is 8.04. The lowest BCUT2D eigenvalue weighted by atomic mass is 9.78. The highest BCUT2D eigenvalue weighted by molar-refractivity contribution is 7.17. The average Bonchev–Trinajstić information content (AvgIpc) is 3.39. The molecule has 6 nitrogen and oxygen atoms in total. The number of rotatable bonds is 5. The fourth-order valence-corrected chi connectivity index (χ4v) is 6.66. The van der Waals surface area contributed by atoms with Crippen LogP contribution in [0, 0.1) is 30.6 Å². The zero-order chi connectivity index (χ0) is 23.4. The Kier molecular flexibility index (Phi) is 5.65. The van der Waals surface area contributed by atoms with Gasteiger partial charge >= 0.3 is 5.97 Å². The molecule has 0 radical (unpaired) electrons. The van der Waals surface area contributed by atoms with Crippen molar-refractivity contribution in [2.24, 2.45) is 29.4 Å². The van der Waals surface area contributed by atoms with E-state index >= 15 is 0 Å². The molecule has 4 rings (SSSR count). The molecule has 2 fully saturated rings. The first-order valence-electron chi connectivity index (χ1n) is 11.1. The third-order valence-corrected chi connectivity index (χ3v) is 8.13. The quantitative estimate of drug-likeness (QED) is 0.602. The normalized spacial score (nSPS) is 24.5. The van der Waals surface area contributed by atoms with Crippen LogP contribution >= 0.6 is 11.3 Å². The largest absolute Gasteiger partial charge is 0.481 e. The van der Waals surface area contributed by atoms with Gasteiger partial charge in [0.1, 0.15) is 5.00 Å². The number of thiophene rings is 1. The van der Waals surface area contributed by atoms with Gasteiger partial charge in [0.15, 0.2) is 0 Å². The lowest BCUT2D eigenvalue weighted by molar-refractivity contribution is -0.148. The highest BCUT2D eigenvalue weighted by Gasteiger charge is 2.54. The number of carboxylic acid groups (broad SMARTS) is 1. The molecule has 4 atom stereocenters. The van der Waals surface area contributed by atoms with Crippen molar-refractivity contribution in [1.82, 2.24) is 0 Å². The van der Waals surface area contributed by atoms with Crippen LogP contribution in [0.5, 0.6) is 0 Å². The maximum absolute atomic E-state index is 13.2. The van der Waals surface area contributed by atoms with Crippen LogP contribution < -0.4 is 11.1 Å². The van der Waals surface area contributed by atoms with E-state index in [0.717, 1.165) is 35.3 Å². The van der Waals surface area contributed by atoms with Gasteiger partial charge in [0.05, 0.1) is 17.4 Å². The first-order valence-corrected chi connectivity index (χ1v) is 11.9. The number of nitrogens with two attached hydrogens (primary N) is 1. The van der Waals surface area contributed by atoms with Crippen molar-refractivity contribution in [1.29, 1.82) is 0 Å². The van der Waals surface area contributed by atoms with Gasteiger partial charge in [-0.15, -0.1) is 11.3 Å². The molecule has 2 bridgehead atoms. The molecule has 2 aromatic rings. The molecule has 2 aliphatic rings. The lowest BCUT2D eigenvalue weighted by Gasteiger charge is -2.26. The van der Waals surface area contributed by atoms with Gasteiger partial charge in [0.25, 0.3) is 5.91 Å². The summed E-state index contributed by atoms with van der Waals surface area (Å²) in [7, 11) is 0. The van der Waals surface area contributed by atoms with Crippen molar-refractivity contribution < 1.29 is 19.5 Å². The molecule has 2 saturated carbocycles. The number of anilines is 1. The number of carboxylic acids is 1. The van der Waals surface area contributed by atoms with Crippen molar-refractivity contribution in [3.8, 4) is 11.1 Å². The van der Waals surface area contributed by atoms with E-state index in [2.05, 4.69) is 26.1 Å². The van der Waals surface area contributed by atoms with Gasteiger partial charge in [0, 0.05) is 10.4 Å². The van der Waals surface area contributed by atoms with Crippen LogP contribution in [0.1, 0.15) is 60.8 Å². The minimum Gasteiger partial charge on any atom is -0.481 e. The summed E-state index contributed by atoms with van der Waals surface area (Å²) in [6.45, 7) is 8.32. The topological polar surface area (TPSA) is 109 Å². The molecular formula is C25H30N2O4S. The molecule has 7 heteroatoms. The maximum Gasteiger partial charge on any atom is 0.307 e. The van der Waals surface area contributed by atoms with Gasteiger partial charge in [-0.3, -0.25) is 14.4 Å². The minimum atomic E-state index is -0.908. The van der Waals surface area contributed by atoms with E-state index in [1.807, 2.05) is 31.2 Å². The molecule has 0 aliphatic heterocycles. The van der Waals surface area contributed by atoms with E-state index in [4.69, 9.17) is 5.73 Å². The van der Waals surface area contributed by atoms with Gasteiger partial charge in [-0.25, -0.2) is 0 Å². The molecule has 4 N–H and O–H groups in total. The van der Waals surface area contributed by atoms with E-state index in [1.165, 1.54) is 16.9 Å². The zero-order valence-electron chi connectivity index (χ0n) is 18.9. The second kappa shape index (κ2) is 8.03. The minimum absolute atomic E-state index is 0.00915. The Bertz CT molecular complexity index is 1080. The van der Waals surface area contributed by atoms with Crippen LogP contribution in [0.15, 0.2) is 24.3 Å². The van der Waals surface area contributed by atoms with Crippen molar-refractivity contribution in [2.75, 3.05) is 5.32 Å². The molecule has 170 valence electrons. The Hall–Kier alpha value is -2.67. The number of benzene rings is 1. The van der Waals surface area contributed by atoms with Crippen molar-refractivity contribution in [3.05, 3.63) is 40.3 Å². The Morgan fingerprint density at radius 2 is 1.66 bits per heavy atom. The average molecular weight is 455 g/mol. The number of primary amides is 1. The molecule has 1 aromatic heterocycles. The Morgan fingerprint density at radius 1 is 1.06 bits per heavy atom. The summed E-state index contributed by atoms with van der Waals surface area (Å²) < 4.78 is 0. The van der Waals surface area contributed by atoms with Gasteiger partial charge in [-0.05, 0) is 54.6 Å². The van der Waals surface area contributed by atoms with E-state index in [0.29, 0.717) is 10.6 Å². The molecule has 0 spiro atoms. The number of hydrogen-bond donors (Lipinski definition) is 3. The van der Waals surface area contributed by atoms with E-state index < -0.39 is 23.7 Å². The summed E-state index contributed by atoms with van der Waals surface area (Å²) in [6.07, 6.45) is 2.53. The molecular weight excluding hydrogens is 424 g/mol. The number of carbonyl (C=O) groups excluding carboxylic acids is 2. The number of amides is 2. The number of aliphatic carboxylic acids is 1. The number of nitrogens with one attached hydrogen (secondary N) is 1. The Labute approximate surface area is 192 Å². The van der Waals surface area contributed by atoms with Crippen LogP contribution in [-0.2, 0) is 15.0 Å². The van der Waals surface area contributed by atoms with Gasteiger partial charge in [-0.1, -0.05) is 45.0 Å². The predicted molar refractivity (Wildman–Crippen MR) is 126 cm³/mol. The van der Waals surface area contributed by atoms with Crippen molar-refractivity contribution >= 4 is 34.1 Å². The van der Waals surface area contributed by atoms with E-state index in [9.17, 15) is 19.5 Å². The summed E-state index contributed by atoms with van der Waals surface area (Å²) in [5, 5.41) is 13.0. The second-order valence-electron chi connectivity index (χ2n) is 10.1. The molecule has 2 amide bonds. The third-order valence-electron chi connectivity index (χ3n) is 7.11. The monoisotopic (exact) mass is 454 g/mol. The lowest BCUT2D eigenvalue weighted by Crippen LogP contribution is -2.38. The maximum atomic E-state index is 13.2. The fourth-order valence-electron chi connectivity index (χ4n) is 5.57. The van der Waals surface area contributed by atoms with E-state index in [1.54, 1.807) is 0 Å². The highest BCUT2D eigenvalue weighted by Crippen LogP contribution is 2.53. The Balaban J connectivity index is 1.67. The predicted octanol–water partition coefficient (Wildman–Crippen LogP) is 4.81. The molecule has 1 aromatic carbocycles. The zero-order valence-corrected chi connectivity index (χ0v) is 19.7. The summed E-state index contributed by atoms with van der Waals surface area (Å²) in [4.78, 5) is 38.3. The molecule has 1 heterocycles. The summed E-state index contributed by atoms with van der Waals surface area (Å²) >= 11 is 1.31. The number of carbonyl (C=O) groups is 3. The highest BCUT2D eigenvalue weighted by atomic mass is 32.1. The molecule has 2 aliphatic carbocycles. The SMILES string of the molecule is Cc1sc(NC(=O)[C@H]2[C@H]3CC[C@@H](C3)[C@H]2C(=O)O)c(C(N)=O)c1-c1ccc(C(C)(C)C)cc1. The second-order valence-corrected chi connectivity index (χ2v) is 11.4. The van der Waals surface area contributed by atoms with Gasteiger partial charge in [0.2, 0.25) is 5.91 Å². The Morgan fingerprint density at radius 3 is 2.19 bits per heavy atom. The van der Waals surface area contributed by atoms with Crippen LogP contribution in [0.4, 0.5) is 5.00 Å². The van der Waals surface area contributed by atoms with Gasteiger partial charge < -0.3 is 16.2 Å². The van der Waals surface area contributed by atoms with Gasteiger partial charge in [-0.2, -0.15) is 0 Å². The first kappa shape index (κ1) is 22.5. The van der Waals surface area contributed by atoms with Crippen LogP contribution in [0.25, 0.3) is 11.1 Å². The summed E-state index contributed by atoms with van der Waals surface area (Å²) in [5.41, 5.74) is 8.82.